The molecule has 1 aromatic rings. The molecule has 0 bridgehead atoms. The Kier molecular flexibility index (Phi) is 6.81. The minimum absolute atomic E-state index is 0.109. The van der Waals surface area contributed by atoms with Gasteiger partial charge in [0.1, 0.15) is 10.7 Å². The molecule has 0 amide bonds. The van der Waals surface area contributed by atoms with Crippen molar-refractivity contribution in [1.82, 2.24) is 0 Å². The summed E-state index contributed by atoms with van der Waals surface area (Å²) >= 11 is 0. The first kappa shape index (κ1) is 17.6. The fourth-order valence-corrected chi connectivity index (χ4v) is 3.50. The first-order valence-electron chi connectivity index (χ1n) is 7.14. The number of unbranched alkanes of at least 4 members (excludes halogenated alkanes) is 5. The van der Waals surface area contributed by atoms with E-state index in [2.05, 4.69) is 6.92 Å². The topological polar surface area (TPSA) is 71.4 Å². The van der Waals surface area contributed by atoms with Crippen LogP contribution in [0.3, 0.4) is 0 Å². The highest BCUT2D eigenvalue weighted by molar-refractivity contribution is 7.91. The first-order chi connectivity index (χ1) is 9.88. The van der Waals surface area contributed by atoms with E-state index < -0.39 is 26.5 Å². The quantitative estimate of drug-likeness (QED) is 0.706. The lowest BCUT2D eigenvalue weighted by Crippen LogP contribution is -2.10. The molecular formula is C15H21FO4S. The number of sulfone groups is 1. The van der Waals surface area contributed by atoms with Crippen LogP contribution in [0.2, 0.25) is 0 Å². The van der Waals surface area contributed by atoms with Crippen molar-refractivity contribution in [3.8, 4) is 0 Å². The fraction of sp³-hybridized carbons (Fsp3) is 0.533. The molecule has 0 aromatic heterocycles. The molecule has 0 spiro atoms. The van der Waals surface area contributed by atoms with Gasteiger partial charge in [0, 0.05) is 0 Å². The van der Waals surface area contributed by atoms with Crippen LogP contribution in [0.25, 0.3) is 0 Å². The minimum Gasteiger partial charge on any atom is -0.478 e. The highest BCUT2D eigenvalue weighted by Crippen LogP contribution is 2.19. The summed E-state index contributed by atoms with van der Waals surface area (Å²) in [7, 11) is -3.69. The largest absolute Gasteiger partial charge is 0.478 e. The van der Waals surface area contributed by atoms with E-state index in [0.29, 0.717) is 6.42 Å². The molecule has 1 N–H and O–H groups in total. The van der Waals surface area contributed by atoms with Crippen molar-refractivity contribution in [1.29, 1.82) is 0 Å². The van der Waals surface area contributed by atoms with Gasteiger partial charge in [-0.15, -0.1) is 0 Å². The number of halogens is 1. The molecule has 0 saturated carbocycles. The fourth-order valence-electron chi connectivity index (χ4n) is 2.07. The Bertz CT molecular complexity index is 581. The summed E-state index contributed by atoms with van der Waals surface area (Å²) in [6.45, 7) is 2.11. The van der Waals surface area contributed by atoms with Gasteiger partial charge >= 0.3 is 5.97 Å². The van der Waals surface area contributed by atoms with Crippen LogP contribution >= 0.6 is 0 Å². The number of carboxylic acid groups (broad SMARTS) is 1. The molecule has 0 heterocycles. The average molecular weight is 316 g/mol. The molecule has 0 fully saturated rings. The summed E-state index contributed by atoms with van der Waals surface area (Å²) in [5.74, 6) is -2.39. The van der Waals surface area contributed by atoms with Crippen molar-refractivity contribution in [2.75, 3.05) is 5.75 Å². The van der Waals surface area contributed by atoms with Crippen LogP contribution in [0.15, 0.2) is 23.1 Å². The lowest BCUT2D eigenvalue weighted by atomic mass is 10.1. The molecule has 0 saturated heterocycles. The van der Waals surface area contributed by atoms with Gasteiger partial charge in [-0.05, 0) is 24.6 Å². The second-order valence-corrected chi connectivity index (χ2v) is 7.11. The first-order valence-corrected chi connectivity index (χ1v) is 8.79. The summed E-state index contributed by atoms with van der Waals surface area (Å²) in [5, 5.41) is 8.73. The molecule has 21 heavy (non-hydrogen) atoms. The van der Waals surface area contributed by atoms with Crippen molar-refractivity contribution in [2.24, 2.45) is 0 Å². The number of hydrogen-bond acceptors (Lipinski definition) is 3. The van der Waals surface area contributed by atoms with E-state index in [9.17, 15) is 17.6 Å². The van der Waals surface area contributed by atoms with Gasteiger partial charge in [-0.25, -0.2) is 17.6 Å². The summed E-state index contributed by atoms with van der Waals surface area (Å²) in [4.78, 5) is 10.3. The van der Waals surface area contributed by atoms with Crippen molar-refractivity contribution in [3.05, 3.63) is 29.6 Å². The van der Waals surface area contributed by atoms with Crippen LogP contribution in [0.1, 0.15) is 55.8 Å². The molecule has 1 aromatic carbocycles. The molecule has 0 radical (unpaired) electrons. The average Bonchev–Trinajstić information content (AvgIpc) is 2.42. The zero-order chi connectivity index (χ0) is 15.9. The molecule has 0 aliphatic heterocycles. The van der Waals surface area contributed by atoms with Crippen LogP contribution in [0, 0.1) is 5.82 Å². The molecule has 1 rings (SSSR count). The van der Waals surface area contributed by atoms with E-state index in [-0.39, 0.29) is 11.3 Å². The van der Waals surface area contributed by atoms with E-state index in [4.69, 9.17) is 5.11 Å². The Balaban J connectivity index is 2.64. The Morgan fingerprint density at radius 2 is 1.76 bits per heavy atom. The number of hydrogen-bond donors (Lipinski definition) is 1. The molecule has 0 atom stereocenters. The Morgan fingerprint density at radius 3 is 2.33 bits per heavy atom. The van der Waals surface area contributed by atoms with Gasteiger partial charge in [-0.2, -0.15) is 0 Å². The SMILES string of the molecule is CCCCCCCCS(=O)(=O)c1ccc(C(=O)O)cc1F. The van der Waals surface area contributed by atoms with Gasteiger partial charge in [0.2, 0.25) is 0 Å². The molecule has 0 aliphatic carbocycles. The molecule has 4 nitrogen and oxygen atoms in total. The molecule has 6 heteroatoms. The van der Waals surface area contributed by atoms with E-state index in [1.54, 1.807) is 0 Å². The second-order valence-electron chi connectivity index (χ2n) is 5.04. The van der Waals surface area contributed by atoms with Gasteiger partial charge in [0.15, 0.2) is 9.84 Å². The highest BCUT2D eigenvalue weighted by Gasteiger charge is 2.20. The van der Waals surface area contributed by atoms with Crippen molar-refractivity contribution < 1.29 is 22.7 Å². The van der Waals surface area contributed by atoms with Crippen LogP contribution in [-0.2, 0) is 9.84 Å². The predicted octanol–water partition coefficient (Wildman–Crippen LogP) is 3.66. The number of aromatic carboxylic acids is 1. The number of benzene rings is 1. The zero-order valence-corrected chi connectivity index (χ0v) is 13.0. The molecule has 118 valence electrons. The summed E-state index contributed by atoms with van der Waals surface area (Å²) < 4.78 is 37.8. The zero-order valence-electron chi connectivity index (χ0n) is 12.1. The summed E-state index contributed by atoms with van der Waals surface area (Å²) in [6.07, 6.45) is 5.61. The maximum atomic E-state index is 13.7. The number of carbonyl (C=O) groups is 1. The molecule has 0 aliphatic rings. The Hall–Kier alpha value is -1.43. The second kappa shape index (κ2) is 8.12. The summed E-state index contributed by atoms with van der Waals surface area (Å²) in [6, 6.07) is 2.89. The van der Waals surface area contributed by atoms with E-state index in [0.717, 1.165) is 50.3 Å². The van der Waals surface area contributed by atoms with Crippen LogP contribution in [0.4, 0.5) is 4.39 Å². The van der Waals surface area contributed by atoms with E-state index >= 15 is 0 Å². The third kappa shape index (κ3) is 5.46. The number of rotatable bonds is 9. The number of carboxylic acids is 1. The standard InChI is InChI=1S/C15H21FO4S/c1-2-3-4-5-6-7-10-21(19,20)14-9-8-12(15(17)18)11-13(14)16/h8-9,11H,2-7,10H2,1H3,(H,17,18). The van der Waals surface area contributed by atoms with Crippen LogP contribution in [0.5, 0.6) is 0 Å². The van der Waals surface area contributed by atoms with Crippen molar-refractivity contribution in [2.45, 2.75) is 50.3 Å². The normalized spacial score (nSPS) is 11.5. The molecular weight excluding hydrogens is 295 g/mol. The summed E-state index contributed by atoms with van der Waals surface area (Å²) in [5.41, 5.74) is -0.258. The van der Waals surface area contributed by atoms with Gasteiger partial charge in [-0.1, -0.05) is 39.0 Å². The predicted molar refractivity (Wildman–Crippen MR) is 78.8 cm³/mol. The Morgan fingerprint density at radius 1 is 1.14 bits per heavy atom. The van der Waals surface area contributed by atoms with Crippen molar-refractivity contribution >= 4 is 15.8 Å². The van der Waals surface area contributed by atoms with Gasteiger partial charge in [0.05, 0.1) is 11.3 Å². The van der Waals surface area contributed by atoms with E-state index in [1.807, 2.05) is 0 Å². The Labute approximate surface area is 124 Å². The monoisotopic (exact) mass is 316 g/mol. The van der Waals surface area contributed by atoms with Crippen LogP contribution in [-0.4, -0.2) is 25.2 Å². The maximum absolute atomic E-state index is 13.7. The van der Waals surface area contributed by atoms with E-state index in [1.165, 1.54) is 0 Å². The van der Waals surface area contributed by atoms with Gasteiger partial charge in [-0.3, -0.25) is 0 Å². The van der Waals surface area contributed by atoms with Gasteiger partial charge in [0.25, 0.3) is 0 Å². The third-order valence-electron chi connectivity index (χ3n) is 3.28. The smallest absolute Gasteiger partial charge is 0.335 e. The van der Waals surface area contributed by atoms with Crippen LogP contribution < -0.4 is 0 Å². The lowest BCUT2D eigenvalue weighted by Gasteiger charge is -2.06. The van der Waals surface area contributed by atoms with Crippen molar-refractivity contribution in [3.63, 3.8) is 0 Å². The van der Waals surface area contributed by atoms with Gasteiger partial charge < -0.3 is 5.11 Å². The molecule has 0 unspecified atom stereocenters. The third-order valence-corrected chi connectivity index (χ3v) is 5.11. The highest BCUT2D eigenvalue weighted by atomic mass is 32.2. The maximum Gasteiger partial charge on any atom is 0.335 e. The minimum atomic E-state index is -3.69. The lowest BCUT2D eigenvalue weighted by molar-refractivity contribution is 0.0696.